The van der Waals surface area contributed by atoms with Gasteiger partial charge in [-0.15, -0.1) is 0 Å². The van der Waals surface area contributed by atoms with E-state index >= 15 is 0 Å². The Hall–Kier alpha value is -1.22. The Kier molecular flexibility index (Phi) is 4.52. The third-order valence-corrected chi connectivity index (χ3v) is 4.38. The van der Waals surface area contributed by atoms with Crippen LogP contribution in [0.25, 0.3) is 0 Å². The highest BCUT2D eigenvalue weighted by Gasteiger charge is 2.28. The molecule has 1 amide bonds. The van der Waals surface area contributed by atoms with E-state index in [4.69, 9.17) is 21.5 Å². The highest BCUT2D eigenvalue weighted by Crippen LogP contribution is 2.23. The Morgan fingerprint density at radius 2 is 2.19 bits per heavy atom. The molecule has 0 bridgehead atoms. The summed E-state index contributed by atoms with van der Waals surface area (Å²) in [4.78, 5) is 11.3. The lowest BCUT2D eigenvalue weighted by atomic mass is 10.1. The van der Waals surface area contributed by atoms with Crippen molar-refractivity contribution in [1.29, 1.82) is 0 Å². The number of hydrogen-bond donors (Lipinski definition) is 2. The first kappa shape index (κ1) is 16.2. The lowest BCUT2D eigenvalue weighted by molar-refractivity contribution is 0.0862. The first-order chi connectivity index (χ1) is 9.70. The predicted octanol–water partition coefficient (Wildman–Crippen LogP) is 1.03. The zero-order chi connectivity index (χ0) is 15.8. The Morgan fingerprint density at radius 1 is 1.52 bits per heavy atom. The minimum absolute atomic E-state index is 0.0960. The van der Waals surface area contributed by atoms with E-state index in [2.05, 4.69) is 5.32 Å². The van der Waals surface area contributed by atoms with Crippen LogP contribution in [0.4, 0.5) is 4.39 Å². The second-order valence-electron chi connectivity index (χ2n) is 4.76. The van der Waals surface area contributed by atoms with Gasteiger partial charge < -0.3 is 10.1 Å². The zero-order valence-corrected chi connectivity index (χ0v) is 12.7. The highest BCUT2D eigenvalue weighted by atomic mass is 35.5. The summed E-state index contributed by atoms with van der Waals surface area (Å²) in [6.07, 6.45) is 0.394. The number of primary sulfonamides is 1. The third-order valence-electron chi connectivity index (χ3n) is 3.25. The van der Waals surface area contributed by atoms with E-state index < -0.39 is 32.2 Å². The lowest BCUT2D eigenvalue weighted by Crippen LogP contribution is -2.39. The number of nitrogens with one attached hydrogen (secondary N) is 1. The maximum Gasteiger partial charge on any atom is 0.254 e. The lowest BCUT2D eigenvalue weighted by Gasteiger charge is -2.16. The van der Waals surface area contributed by atoms with E-state index in [1.54, 1.807) is 6.92 Å². The van der Waals surface area contributed by atoms with Gasteiger partial charge in [-0.2, -0.15) is 0 Å². The van der Waals surface area contributed by atoms with Crippen molar-refractivity contribution in [1.82, 2.24) is 5.32 Å². The Morgan fingerprint density at radius 3 is 2.71 bits per heavy atom. The van der Waals surface area contributed by atoms with E-state index in [1.165, 1.54) is 0 Å². The van der Waals surface area contributed by atoms with Gasteiger partial charge in [0.25, 0.3) is 5.91 Å². The van der Waals surface area contributed by atoms with Gasteiger partial charge in [0.05, 0.1) is 17.7 Å². The van der Waals surface area contributed by atoms with Crippen LogP contribution in [0.1, 0.15) is 23.7 Å². The maximum absolute atomic E-state index is 14.2. The highest BCUT2D eigenvalue weighted by molar-refractivity contribution is 7.89. The van der Waals surface area contributed by atoms with Gasteiger partial charge in [-0.1, -0.05) is 11.6 Å². The fourth-order valence-corrected chi connectivity index (χ4v) is 3.04. The third kappa shape index (κ3) is 3.52. The normalized spacial score (nSPS) is 22.3. The van der Waals surface area contributed by atoms with Crippen LogP contribution in [-0.4, -0.2) is 33.1 Å². The molecule has 2 unspecified atom stereocenters. The molecule has 1 fully saturated rings. The first-order valence-electron chi connectivity index (χ1n) is 6.14. The smallest absolute Gasteiger partial charge is 0.254 e. The van der Waals surface area contributed by atoms with Crippen molar-refractivity contribution in [2.75, 3.05) is 6.61 Å². The van der Waals surface area contributed by atoms with Crippen LogP contribution in [-0.2, 0) is 14.8 Å². The molecule has 2 atom stereocenters. The zero-order valence-electron chi connectivity index (χ0n) is 11.1. The summed E-state index contributed by atoms with van der Waals surface area (Å²) in [5, 5.41) is 7.40. The van der Waals surface area contributed by atoms with Crippen LogP contribution in [0, 0.1) is 5.82 Å². The van der Waals surface area contributed by atoms with E-state index in [0.717, 1.165) is 12.1 Å². The van der Waals surface area contributed by atoms with Crippen LogP contribution in [0.2, 0.25) is 5.02 Å². The molecule has 0 saturated carbocycles. The second kappa shape index (κ2) is 5.88. The van der Waals surface area contributed by atoms with Crippen molar-refractivity contribution in [3.8, 4) is 0 Å². The van der Waals surface area contributed by atoms with Crippen molar-refractivity contribution >= 4 is 27.5 Å². The van der Waals surface area contributed by atoms with Gasteiger partial charge in [0.2, 0.25) is 10.0 Å². The SMILES string of the molecule is CC1OCCC1NC(=O)c1cc(Cl)cc(S(N)(=O)=O)c1F. The monoisotopic (exact) mass is 336 g/mol. The van der Waals surface area contributed by atoms with E-state index in [1.807, 2.05) is 0 Å². The standard InChI is InChI=1S/C12H14ClFN2O4S/c1-6-9(2-3-20-6)16-12(17)8-4-7(13)5-10(11(8)14)21(15,18)19/h4-6,9H,2-3H2,1H3,(H,16,17)(H2,15,18,19). The molecule has 3 N–H and O–H groups in total. The summed E-state index contributed by atoms with van der Waals surface area (Å²) in [5.41, 5.74) is -0.467. The van der Waals surface area contributed by atoms with Gasteiger partial charge >= 0.3 is 0 Å². The first-order valence-corrected chi connectivity index (χ1v) is 8.07. The number of carbonyl (C=O) groups is 1. The van der Waals surface area contributed by atoms with Crippen LogP contribution in [0.15, 0.2) is 17.0 Å². The summed E-state index contributed by atoms with van der Waals surface area (Å²) in [6, 6.07) is 1.65. The number of benzene rings is 1. The minimum atomic E-state index is -4.31. The van der Waals surface area contributed by atoms with Crippen molar-refractivity contribution in [2.45, 2.75) is 30.4 Å². The number of sulfonamides is 1. The molecule has 1 heterocycles. The number of carbonyl (C=O) groups excluding carboxylic acids is 1. The molecule has 1 aliphatic rings. The molecule has 0 aliphatic carbocycles. The molecule has 1 saturated heterocycles. The molecular formula is C12H14ClFN2O4S. The molecule has 1 aromatic rings. The number of hydrogen-bond acceptors (Lipinski definition) is 4. The average Bonchev–Trinajstić information content (AvgIpc) is 2.76. The Labute approximate surface area is 126 Å². The van der Waals surface area contributed by atoms with Crippen LogP contribution in [0.3, 0.4) is 0 Å². The number of amides is 1. The van der Waals surface area contributed by atoms with Crippen molar-refractivity contribution in [3.63, 3.8) is 0 Å². The van der Waals surface area contributed by atoms with E-state index in [-0.39, 0.29) is 17.2 Å². The number of ether oxygens (including phenoxy) is 1. The van der Waals surface area contributed by atoms with Crippen LogP contribution in [0.5, 0.6) is 0 Å². The summed E-state index contributed by atoms with van der Waals surface area (Å²) in [7, 11) is -4.31. The second-order valence-corrected chi connectivity index (χ2v) is 6.72. The minimum Gasteiger partial charge on any atom is -0.376 e. The van der Waals surface area contributed by atoms with Gasteiger partial charge in [0, 0.05) is 11.6 Å². The Bertz CT molecular complexity index is 680. The number of nitrogens with two attached hydrogens (primary N) is 1. The summed E-state index contributed by atoms with van der Waals surface area (Å²) >= 11 is 5.73. The molecule has 2 rings (SSSR count). The molecule has 0 radical (unpaired) electrons. The van der Waals surface area contributed by atoms with Crippen molar-refractivity contribution < 1.29 is 22.3 Å². The number of rotatable bonds is 3. The molecular weight excluding hydrogens is 323 g/mol. The fraction of sp³-hybridized carbons (Fsp3) is 0.417. The molecule has 1 aliphatic heterocycles. The molecule has 21 heavy (non-hydrogen) atoms. The van der Waals surface area contributed by atoms with Gasteiger partial charge in [-0.25, -0.2) is 17.9 Å². The summed E-state index contributed by atoms with van der Waals surface area (Å²) < 4.78 is 42.1. The van der Waals surface area contributed by atoms with Gasteiger partial charge in [-0.05, 0) is 25.5 Å². The van der Waals surface area contributed by atoms with E-state index in [0.29, 0.717) is 13.0 Å². The summed E-state index contributed by atoms with van der Waals surface area (Å²) in [5.74, 6) is -1.98. The molecule has 116 valence electrons. The maximum atomic E-state index is 14.2. The molecule has 6 nitrogen and oxygen atoms in total. The van der Waals surface area contributed by atoms with Crippen molar-refractivity contribution in [2.24, 2.45) is 5.14 Å². The van der Waals surface area contributed by atoms with Crippen LogP contribution < -0.4 is 10.5 Å². The predicted molar refractivity (Wildman–Crippen MR) is 74.1 cm³/mol. The molecule has 0 aromatic heterocycles. The Balaban J connectivity index is 2.35. The van der Waals surface area contributed by atoms with Gasteiger partial charge in [-0.3, -0.25) is 4.79 Å². The fourth-order valence-electron chi connectivity index (χ4n) is 2.10. The molecule has 9 heteroatoms. The largest absolute Gasteiger partial charge is 0.376 e. The quantitative estimate of drug-likeness (QED) is 0.861. The number of halogens is 2. The summed E-state index contributed by atoms with van der Waals surface area (Å²) in [6.45, 7) is 2.27. The van der Waals surface area contributed by atoms with Gasteiger partial charge in [0.15, 0.2) is 5.82 Å². The van der Waals surface area contributed by atoms with Crippen molar-refractivity contribution in [3.05, 3.63) is 28.5 Å². The van der Waals surface area contributed by atoms with Crippen LogP contribution >= 0.6 is 11.6 Å². The van der Waals surface area contributed by atoms with Gasteiger partial charge in [0.1, 0.15) is 4.90 Å². The average molecular weight is 337 g/mol. The molecule has 0 spiro atoms. The topological polar surface area (TPSA) is 98.5 Å². The van der Waals surface area contributed by atoms with E-state index in [9.17, 15) is 17.6 Å². The molecule has 1 aromatic carbocycles.